The Morgan fingerprint density at radius 1 is 1.61 bits per heavy atom. The fourth-order valence-electron chi connectivity index (χ4n) is 2.42. The zero-order chi connectivity index (χ0) is 13.5. The van der Waals surface area contributed by atoms with Crippen LogP contribution in [0.1, 0.15) is 33.1 Å². The maximum Gasteiger partial charge on any atom is 0.237 e. The highest BCUT2D eigenvalue weighted by Gasteiger charge is 2.26. The molecule has 1 aliphatic rings. The molecule has 0 spiro atoms. The number of nitrogens with one attached hydrogen (secondary N) is 2. The van der Waals surface area contributed by atoms with E-state index >= 15 is 0 Å². The number of amides is 1. The van der Waals surface area contributed by atoms with Crippen LogP contribution in [0.25, 0.3) is 0 Å². The number of hydrogen-bond acceptors (Lipinski definition) is 4. The van der Waals surface area contributed by atoms with Crippen molar-refractivity contribution in [2.45, 2.75) is 45.2 Å². The topological polar surface area (TPSA) is 68.2 Å². The van der Waals surface area contributed by atoms with Gasteiger partial charge >= 0.3 is 0 Å². The molecule has 0 aromatic heterocycles. The van der Waals surface area contributed by atoms with E-state index in [1.54, 1.807) is 4.90 Å². The SMILES string of the molecule is CCC(C)C(NC)C(=O)NCC1CCCN1C#N. The van der Waals surface area contributed by atoms with Crippen molar-refractivity contribution in [3.8, 4) is 6.19 Å². The summed E-state index contributed by atoms with van der Waals surface area (Å²) in [5.41, 5.74) is 0. The maximum atomic E-state index is 12.1. The van der Waals surface area contributed by atoms with Crippen LogP contribution >= 0.6 is 0 Å². The third-order valence-electron chi connectivity index (χ3n) is 3.82. The van der Waals surface area contributed by atoms with Crippen molar-refractivity contribution in [2.75, 3.05) is 20.1 Å². The summed E-state index contributed by atoms with van der Waals surface area (Å²) in [7, 11) is 1.81. The van der Waals surface area contributed by atoms with Gasteiger partial charge in [0.25, 0.3) is 0 Å². The third-order valence-corrected chi connectivity index (χ3v) is 3.82. The molecular weight excluding hydrogens is 228 g/mol. The molecule has 5 nitrogen and oxygen atoms in total. The number of hydrogen-bond donors (Lipinski definition) is 2. The molecule has 1 saturated heterocycles. The molecule has 1 rings (SSSR count). The van der Waals surface area contributed by atoms with E-state index in [2.05, 4.69) is 30.7 Å². The first kappa shape index (κ1) is 14.8. The second kappa shape index (κ2) is 7.22. The minimum Gasteiger partial charge on any atom is -0.353 e. The molecule has 3 atom stereocenters. The number of likely N-dealkylation sites (tertiary alicyclic amines) is 1. The number of nitriles is 1. The summed E-state index contributed by atoms with van der Waals surface area (Å²) in [4.78, 5) is 13.8. The standard InChI is InChI=1S/C13H24N4O/c1-4-10(2)12(15-3)13(18)16-8-11-6-5-7-17(11)9-14/h10-12,15H,4-8H2,1-3H3,(H,16,18). The molecule has 0 aliphatic carbocycles. The summed E-state index contributed by atoms with van der Waals surface area (Å²) in [6, 6.07) is 0.0281. The van der Waals surface area contributed by atoms with Crippen molar-refractivity contribution >= 4 is 5.91 Å². The molecule has 2 N–H and O–H groups in total. The van der Waals surface area contributed by atoms with Crippen molar-refractivity contribution in [2.24, 2.45) is 5.92 Å². The van der Waals surface area contributed by atoms with Crippen LogP contribution in [0.2, 0.25) is 0 Å². The van der Waals surface area contributed by atoms with E-state index in [-0.39, 0.29) is 18.0 Å². The lowest BCUT2D eigenvalue weighted by molar-refractivity contribution is -0.124. The van der Waals surface area contributed by atoms with Crippen LogP contribution in [0, 0.1) is 17.4 Å². The van der Waals surface area contributed by atoms with Crippen molar-refractivity contribution in [3.63, 3.8) is 0 Å². The molecule has 1 heterocycles. The van der Waals surface area contributed by atoms with Crippen molar-refractivity contribution in [1.82, 2.24) is 15.5 Å². The Bertz CT molecular complexity index is 313. The molecule has 5 heteroatoms. The Morgan fingerprint density at radius 2 is 2.33 bits per heavy atom. The lowest BCUT2D eigenvalue weighted by Gasteiger charge is -2.24. The molecule has 0 bridgehead atoms. The summed E-state index contributed by atoms with van der Waals surface area (Å²) in [6.07, 6.45) is 5.17. The van der Waals surface area contributed by atoms with Crippen molar-refractivity contribution < 1.29 is 4.79 Å². The van der Waals surface area contributed by atoms with Gasteiger partial charge in [-0.25, -0.2) is 0 Å². The lowest BCUT2D eigenvalue weighted by atomic mass is 9.98. The van der Waals surface area contributed by atoms with Gasteiger partial charge < -0.3 is 15.5 Å². The van der Waals surface area contributed by atoms with Crippen LogP contribution in [-0.4, -0.2) is 43.0 Å². The fourth-order valence-corrected chi connectivity index (χ4v) is 2.42. The maximum absolute atomic E-state index is 12.1. The number of carbonyl (C=O) groups is 1. The van der Waals surface area contributed by atoms with Gasteiger partial charge in [-0.15, -0.1) is 0 Å². The van der Waals surface area contributed by atoms with Crippen LogP contribution in [0.15, 0.2) is 0 Å². The van der Waals surface area contributed by atoms with Crippen LogP contribution < -0.4 is 10.6 Å². The second-order valence-corrected chi connectivity index (χ2v) is 4.99. The van der Waals surface area contributed by atoms with Gasteiger partial charge in [-0.2, -0.15) is 5.26 Å². The Morgan fingerprint density at radius 3 is 2.89 bits per heavy atom. The highest BCUT2D eigenvalue weighted by molar-refractivity contribution is 5.82. The predicted octanol–water partition coefficient (Wildman–Crippen LogP) is 0.682. The van der Waals surface area contributed by atoms with Gasteiger partial charge in [0.05, 0.1) is 12.1 Å². The lowest BCUT2D eigenvalue weighted by Crippen LogP contribution is -2.49. The number of carbonyl (C=O) groups excluding carboxylic acids is 1. The monoisotopic (exact) mass is 252 g/mol. The van der Waals surface area contributed by atoms with Gasteiger partial charge in [-0.05, 0) is 25.8 Å². The number of nitrogens with zero attached hydrogens (tertiary/aromatic N) is 2. The summed E-state index contributed by atoms with van der Waals surface area (Å²) >= 11 is 0. The second-order valence-electron chi connectivity index (χ2n) is 4.99. The first-order valence-corrected chi connectivity index (χ1v) is 6.75. The first-order valence-electron chi connectivity index (χ1n) is 6.75. The number of rotatable bonds is 6. The van der Waals surface area contributed by atoms with Gasteiger partial charge in [0.15, 0.2) is 6.19 Å². The van der Waals surface area contributed by atoms with Crippen LogP contribution in [0.3, 0.4) is 0 Å². The molecule has 1 amide bonds. The quantitative estimate of drug-likeness (QED) is 0.682. The highest BCUT2D eigenvalue weighted by atomic mass is 16.2. The molecule has 1 fully saturated rings. The predicted molar refractivity (Wildman–Crippen MR) is 70.7 cm³/mol. The van der Waals surface area contributed by atoms with E-state index in [1.807, 2.05) is 7.05 Å². The summed E-state index contributed by atoms with van der Waals surface area (Å²) in [5.74, 6) is 0.349. The van der Waals surface area contributed by atoms with Gasteiger partial charge in [0.1, 0.15) is 0 Å². The molecule has 0 radical (unpaired) electrons. The molecule has 1 aliphatic heterocycles. The van der Waals surface area contributed by atoms with Crippen LogP contribution in [0.4, 0.5) is 0 Å². The molecule has 0 aromatic rings. The van der Waals surface area contributed by atoms with Gasteiger partial charge in [0, 0.05) is 13.1 Å². The van der Waals surface area contributed by atoms with Gasteiger partial charge in [-0.3, -0.25) is 4.79 Å². The van der Waals surface area contributed by atoms with E-state index in [4.69, 9.17) is 5.26 Å². The Hall–Kier alpha value is -1.28. The van der Waals surface area contributed by atoms with Crippen molar-refractivity contribution in [1.29, 1.82) is 5.26 Å². The Balaban J connectivity index is 2.42. The van der Waals surface area contributed by atoms with E-state index < -0.39 is 0 Å². The molecule has 0 aromatic carbocycles. The molecule has 0 saturated carbocycles. The van der Waals surface area contributed by atoms with E-state index in [0.29, 0.717) is 12.5 Å². The van der Waals surface area contributed by atoms with Gasteiger partial charge in [0.2, 0.25) is 5.91 Å². The average molecular weight is 252 g/mol. The van der Waals surface area contributed by atoms with E-state index in [1.165, 1.54) is 0 Å². The first-order chi connectivity index (χ1) is 8.63. The average Bonchev–Trinajstić information content (AvgIpc) is 2.84. The van der Waals surface area contributed by atoms with Crippen molar-refractivity contribution in [3.05, 3.63) is 0 Å². The summed E-state index contributed by atoms with van der Waals surface area (Å²) in [6.45, 7) is 5.54. The van der Waals surface area contributed by atoms with E-state index in [0.717, 1.165) is 25.8 Å². The van der Waals surface area contributed by atoms with E-state index in [9.17, 15) is 4.79 Å². The smallest absolute Gasteiger partial charge is 0.237 e. The minimum absolute atomic E-state index is 0.0386. The van der Waals surface area contributed by atoms with Gasteiger partial charge in [-0.1, -0.05) is 20.3 Å². The third kappa shape index (κ3) is 3.61. The fraction of sp³-hybridized carbons (Fsp3) is 0.846. The zero-order valence-electron chi connectivity index (χ0n) is 11.6. The summed E-state index contributed by atoms with van der Waals surface area (Å²) in [5, 5.41) is 15.0. The molecule has 3 unspecified atom stereocenters. The largest absolute Gasteiger partial charge is 0.353 e. The Kier molecular flexibility index (Phi) is 5.93. The normalized spacial score (nSPS) is 22.3. The van der Waals surface area contributed by atoms with Crippen LogP contribution in [-0.2, 0) is 4.79 Å². The highest BCUT2D eigenvalue weighted by Crippen LogP contribution is 2.15. The molecule has 102 valence electrons. The Labute approximate surface area is 110 Å². The molecular formula is C13H24N4O. The number of likely N-dealkylation sites (N-methyl/N-ethyl adjacent to an activating group) is 1. The zero-order valence-corrected chi connectivity index (χ0v) is 11.6. The molecule has 18 heavy (non-hydrogen) atoms. The minimum atomic E-state index is -0.146. The van der Waals surface area contributed by atoms with Crippen LogP contribution in [0.5, 0.6) is 0 Å². The summed E-state index contributed by atoms with van der Waals surface area (Å²) < 4.78 is 0.